The van der Waals surface area contributed by atoms with Crippen LogP contribution in [0.5, 0.6) is 0 Å². The number of amides is 2. The van der Waals surface area contributed by atoms with Crippen LogP contribution in [0.1, 0.15) is 87.2 Å². The molecule has 0 bridgehead atoms. The molecule has 3 heterocycles. The number of likely N-dealkylation sites (tertiary alicyclic amines) is 1. The van der Waals surface area contributed by atoms with Gasteiger partial charge in [-0.3, -0.25) is 9.59 Å². The van der Waals surface area contributed by atoms with E-state index in [-0.39, 0.29) is 45.0 Å². The van der Waals surface area contributed by atoms with E-state index in [1.807, 2.05) is 48.5 Å². The number of aromatic nitrogens is 2. The third kappa shape index (κ3) is 6.35. The van der Waals surface area contributed by atoms with Gasteiger partial charge in [0.2, 0.25) is 0 Å². The Morgan fingerprint density at radius 1 is 1.19 bits per heavy atom. The number of halogens is 3. The molecule has 0 spiro atoms. The van der Waals surface area contributed by atoms with Crippen molar-refractivity contribution in [2.45, 2.75) is 85.1 Å². The second kappa shape index (κ2) is 10.4. The van der Waals surface area contributed by atoms with Crippen molar-refractivity contribution in [1.29, 1.82) is 0 Å². The number of carbonyl (C=O) groups excluding carboxylic acids is 2. The van der Waals surface area contributed by atoms with Gasteiger partial charge in [0.05, 0.1) is 10.4 Å². The molecule has 2 aromatic rings. The maximum Gasteiger partial charge on any atom is 0.417 e. The summed E-state index contributed by atoms with van der Waals surface area (Å²) in [6, 6.07) is 0.690. The van der Waals surface area contributed by atoms with E-state index in [1.54, 1.807) is 4.90 Å². The molecule has 0 aliphatic carbocycles. The molecule has 7 nitrogen and oxygen atoms in total. The predicted molar refractivity (Wildman–Crippen MR) is 135 cm³/mol. The van der Waals surface area contributed by atoms with Crippen LogP contribution in [0.4, 0.5) is 19.0 Å². The van der Waals surface area contributed by atoms with Gasteiger partial charge in [-0.15, -0.1) is 11.3 Å². The number of rotatable bonds is 6. The summed E-state index contributed by atoms with van der Waals surface area (Å²) in [6.07, 6.45) is -2.01. The molecule has 1 unspecified atom stereocenters. The molecule has 198 valence electrons. The molecule has 2 atom stereocenters. The first-order chi connectivity index (χ1) is 16.6. The van der Waals surface area contributed by atoms with Crippen LogP contribution in [0.15, 0.2) is 12.3 Å². The van der Waals surface area contributed by atoms with E-state index in [4.69, 9.17) is 0 Å². The van der Waals surface area contributed by atoms with Gasteiger partial charge in [-0.25, -0.2) is 9.97 Å². The zero-order chi connectivity index (χ0) is 27.0. The summed E-state index contributed by atoms with van der Waals surface area (Å²) >= 11 is 0.781. The fourth-order valence-corrected chi connectivity index (χ4v) is 4.86. The number of hydrogen-bond donors (Lipinski definition) is 2. The molecule has 2 aromatic heterocycles. The SMILES string of the molecule is CC(C)C(C)NC(=O)c1nc(C(=O)N2CCC[C@@H]2C)c(-c2cnc(NC(C)(C)C)cc2C(F)(F)F)s1. The highest BCUT2D eigenvalue weighted by Crippen LogP contribution is 2.42. The third-order valence-corrected chi connectivity index (χ3v) is 7.24. The van der Waals surface area contributed by atoms with Crippen LogP contribution in [0.25, 0.3) is 10.4 Å². The highest BCUT2D eigenvalue weighted by molar-refractivity contribution is 7.17. The first-order valence-electron chi connectivity index (χ1n) is 12.1. The lowest BCUT2D eigenvalue weighted by atomic mass is 10.0. The van der Waals surface area contributed by atoms with Crippen LogP contribution in [-0.2, 0) is 6.18 Å². The van der Waals surface area contributed by atoms with Crippen molar-refractivity contribution < 1.29 is 22.8 Å². The van der Waals surface area contributed by atoms with Gasteiger partial charge in [-0.1, -0.05) is 13.8 Å². The van der Waals surface area contributed by atoms with Crippen LogP contribution in [0.2, 0.25) is 0 Å². The molecule has 11 heteroatoms. The van der Waals surface area contributed by atoms with E-state index >= 15 is 0 Å². The molecule has 1 saturated heterocycles. The summed E-state index contributed by atoms with van der Waals surface area (Å²) in [4.78, 5) is 36.5. The van der Waals surface area contributed by atoms with E-state index in [9.17, 15) is 22.8 Å². The van der Waals surface area contributed by atoms with Gasteiger partial charge < -0.3 is 15.5 Å². The lowest BCUT2D eigenvalue weighted by Gasteiger charge is -2.23. The Bertz CT molecular complexity index is 1120. The fourth-order valence-electron chi connectivity index (χ4n) is 3.87. The van der Waals surface area contributed by atoms with Crippen molar-refractivity contribution in [3.8, 4) is 10.4 Å². The van der Waals surface area contributed by atoms with E-state index < -0.39 is 29.1 Å². The van der Waals surface area contributed by atoms with E-state index in [2.05, 4.69) is 20.6 Å². The Kier molecular flexibility index (Phi) is 8.02. The average molecular weight is 526 g/mol. The average Bonchev–Trinajstić information content (AvgIpc) is 3.38. The summed E-state index contributed by atoms with van der Waals surface area (Å²) in [6.45, 7) is 13.5. The molecule has 1 fully saturated rings. The standard InChI is InChI=1S/C25H34F3N5O2S/c1-13(2)15(4)30-21(34)22-31-19(23(35)33-10-8-9-14(33)3)20(36-22)16-12-29-18(32-24(5,6)7)11-17(16)25(26,27)28/h11-15H,8-10H2,1-7H3,(H,29,32)(H,30,34)/t14-,15?/m0/s1. The summed E-state index contributed by atoms with van der Waals surface area (Å²) in [5.74, 6) is -0.799. The Labute approximate surface area is 213 Å². The Hall–Kier alpha value is -2.69. The van der Waals surface area contributed by atoms with Gasteiger partial charge in [0.15, 0.2) is 5.01 Å². The number of alkyl halides is 3. The maximum atomic E-state index is 14.2. The number of thiazole rings is 1. The first-order valence-corrected chi connectivity index (χ1v) is 12.9. The summed E-state index contributed by atoms with van der Waals surface area (Å²) in [5.41, 5.74) is -1.88. The highest BCUT2D eigenvalue weighted by atomic mass is 32.1. The number of anilines is 1. The fraction of sp³-hybridized carbons (Fsp3) is 0.600. The first kappa shape index (κ1) is 27.9. The molecule has 0 aromatic carbocycles. The van der Waals surface area contributed by atoms with Crippen molar-refractivity contribution in [3.05, 3.63) is 28.5 Å². The molecule has 0 radical (unpaired) electrons. The van der Waals surface area contributed by atoms with Crippen molar-refractivity contribution in [3.63, 3.8) is 0 Å². The number of nitrogens with zero attached hydrogens (tertiary/aromatic N) is 3. The van der Waals surface area contributed by atoms with E-state index in [0.717, 1.165) is 36.4 Å². The summed E-state index contributed by atoms with van der Waals surface area (Å²) in [5, 5.41) is 5.72. The van der Waals surface area contributed by atoms with Gasteiger partial charge in [0, 0.05) is 35.9 Å². The van der Waals surface area contributed by atoms with Gasteiger partial charge in [-0.2, -0.15) is 13.2 Å². The monoisotopic (exact) mass is 525 g/mol. The summed E-state index contributed by atoms with van der Waals surface area (Å²) < 4.78 is 42.7. The van der Waals surface area contributed by atoms with E-state index in [0.29, 0.717) is 6.54 Å². The molecule has 2 amide bonds. The molecule has 1 aliphatic rings. The van der Waals surface area contributed by atoms with Crippen molar-refractivity contribution in [1.82, 2.24) is 20.2 Å². The van der Waals surface area contributed by atoms with Crippen LogP contribution >= 0.6 is 11.3 Å². The molecule has 1 aliphatic heterocycles. The van der Waals surface area contributed by atoms with Gasteiger partial charge in [-0.05, 0) is 59.4 Å². The lowest BCUT2D eigenvalue weighted by Crippen LogP contribution is -2.36. The normalized spacial score (nSPS) is 17.4. The zero-order valence-corrected chi connectivity index (χ0v) is 22.5. The topological polar surface area (TPSA) is 87.2 Å². The molecule has 36 heavy (non-hydrogen) atoms. The molecular weight excluding hydrogens is 491 g/mol. The minimum Gasteiger partial charge on any atom is -0.365 e. The largest absolute Gasteiger partial charge is 0.417 e. The smallest absolute Gasteiger partial charge is 0.365 e. The van der Waals surface area contributed by atoms with Crippen LogP contribution in [0.3, 0.4) is 0 Å². The Balaban J connectivity index is 2.15. The zero-order valence-electron chi connectivity index (χ0n) is 21.7. The minimum atomic E-state index is -4.72. The third-order valence-electron chi connectivity index (χ3n) is 6.15. The number of nitrogens with one attached hydrogen (secondary N) is 2. The van der Waals surface area contributed by atoms with Gasteiger partial charge >= 0.3 is 6.18 Å². The summed E-state index contributed by atoms with van der Waals surface area (Å²) in [7, 11) is 0. The number of pyridine rings is 1. The van der Waals surface area contributed by atoms with Crippen LogP contribution < -0.4 is 10.6 Å². The number of carbonyl (C=O) groups is 2. The molecule has 2 N–H and O–H groups in total. The Morgan fingerprint density at radius 2 is 1.86 bits per heavy atom. The van der Waals surface area contributed by atoms with Crippen LogP contribution in [0, 0.1) is 5.92 Å². The van der Waals surface area contributed by atoms with E-state index in [1.165, 1.54) is 0 Å². The second-order valence-corrected chi connectivity index (χ2v) is 11.7. The molecule has 3 rings (SSSR count). The molecule has 0 saturated carbocycles. The van der Waals surface area contributed by atoms with Gasteiger partial charge in [0.1, 0.15) is 11.5 Å². The maximum absolute atomic E-state index is 14.2. The van der Waals surface area contributed by atoms with Crippen molar-refractivity contribution in [2.24, 2.45) is 5.92 Å². The quantitative estimate of drug-likeness (QED) is 0.495. The highest BCUT2D eigenvalue weighted by Gasteiger charge is 2.38. The predicted octanol–water partition coefficient (Wildman–Crippen LogP) is 5.83. The van der Waals surface area contributed by atoms with Gasteiger partial charge in [0.25, 0.3) is 11.8 Å². The second-order valence-electron chi connectivity index (χ2n) is 10.7. The van der Waals surface area contributed by atoms with Crippen LogP contribution in [-0.4, -0.2) is 50.8 Å². The number of hydrogen-bond acceptors (Lipinski definition) is 6. The van der Waals surface area contributed by atoms with Crippen molar-refractivity contribution in [2.75, 3.05) is 11.9 Å². The van der Waals surface area contributed by atoms with Crippen molar-refractivity contribution >= 4 is 29.0 Å². The minimum absolute atomic E-state index is 0.0106. The molecular formula is C25H34F3N5O2S. The lowest BCUT2D eigenvalue weighted by molar-refractivity contribution is -0.137. The Morgan fingerprint density at radius 3 is 2.39 bits per heavy atom.